The lowest BCUT2D eigenvalue weighted by atomic mass is 10.2. The molecule has 0 atom stereocenters. The summed E-state index contributed by atoms with van der Waals surface area (Å²) in [4.78, 5) is 13.2. The lowest BCUT2D eigenvalue weighted by Crippen LogP contribution is -2.21. The van der Waals surface area contributed by atoms with E-state index in [1.165, 1.54) is 16.7 Å². The van der Waals surface area contributed by atoms with Crippen LogP contribution in [0.5, 0.6) is 5.75 Å². The minimum absolute atomic E-state index is 0.0600. The Balaban J connectivity index is 1.42. The molecule has 2 aromatic carbocycles. The summed E-state index contributed by atoms with van der Waals surface area (Å²) < 4.78 is 7.76. The van der Waals surface area contributed by atoms with Gasteiger partial charge in [-0.15, -0.1) is 11.3 Å². The second-order valence-electron chi connectivity index (χ2n) is 6.88. The Morgan fingerprint density at radius 2 is 1.82 bits per heavy atom. The van der Waals surface area contributed by atoms with Crippen molar-refractivity contribution in [3.63, 3.8) is 0 Å². The van der Waals surface area contributed by atoms with Gasteiger partial charge in [0.25, 0.3) is 5.91 Å². The van der Waals surface area contributed by atoms with Gasteiger partial charge in [0.1, 0.15) is 10.8 Å². The number of benzene rings is 2. The molecule has 2 heterocycles. The number of rotatable bonds is 6. The van der Waals surface area contributed by atoms with Gasteiger partial charge in [0.2, 0.25) is 0 Å². The van der Waals surface area contributed by atoms with E-state index in [4.69, 9.17) is 4.74 Å². The number of ether oxygens (including phenoxy) is 1. The molecule has 0 fully saturated rings. The van der Waals surface area contributed by atoms with Crippen molar-refractivity contribution in [2.75, 3.05) is 0 Å². The highest BCUT2D eigenvalue weighted by Crippen LogP contribution is 2.26. The SMILES string of the molecule is CC(C)Oc1ccc(CNC(=O)c2ccc(-n3ccc4ccccc43)s2)cc1. The molecule has 1 amide bonds. The fraction of sp³-hybridized carbons (Fsp3) is 0.174. The molecule has 28 heavy (non-hydrogen) atoms. The van der Waals surface area contributed by atoms with Gasteiger partial charge < -0.3 is 14.6 Å². The van der Waals surface area contributed by atoms with Crippen LogP contribution in [0.15, 0.2) is 72.9 Å². The molecule has 0 bridgehead atoms. The van der Waals surface area contributed by atoms with Gasteiger partial charge in [0.05, 0.1) is 16.5 Å². The highest BCUT2D eigenvalue weighted by Gasteiger charge is 2.11. The Morgan fingerprint density at radius 3 is 2.61 bits per heavy atom. The molecule has 0 saturated carbocycles. The number of fused-ring (bicyclic) bond motifs is 1. The smallest absolute Gasteiger partial charge is 0.261 e. The molecular weight excluding hydrogens is 368 g/mol. The first kappa shape index (κ1) is 18.3. The Morgan fingerprint density at radius 1 is 1.04 bits per heavy atom. The van der Waals surface area contributed by atoms with Crippen LogP contribution in [0.4, 0.5) is 0 Å². The molecule has 0 aliphatic carbocycles. The standard InChI is InChI=1S/C23H22N2O2S/c1-16(2)27-19-9-7-17(8-10-19)15-24-23(26)21-11-12-22(28-21)25-14-13-18-5-3-4-6-20(18)25/h3-14,16H,15H2,1-2H3,(H,24,26). The van der Waals surface area contributed by atoms with Crippen molar-refractivity contribution in [2.45, 2.75) is 26.5 Å². The van der Waals surface area contributed by atoms with E-state index in [0.29, 0.717) is 11.4 Å². The van der Waals surface area contributed by atoms with Crippen LogP contribution in [-0.4, -0.2) is 16.6 Å². The number of hydrogen-bond acceptors (Lipinski definition) is 3. The summed E-state index contributed by atoms with van der Waals surface area (Å²) in [5.41, 5.74) is 2.18. The maximum atomic E-state index is 12.5. The fourth-order valence-electron chi connectivity index (χ4n) is 3.08. The maximum absolute atomic E-state index is 12.5. The third kappa shape index (κ3) is 3.94. The molecule has 4 rings (SSSR count). The van der Waals surface area contributed by atoms with Crippen LogP contribution in [0.3, 0.4) is 0 Å². The predicted octanol–water partition coefficient (Wildman–Crippen LogP) is 5.41. The van der Waals surface area contributed by atoms with E-state index < -0.39 is 0 Å². The van der Waals surface area contributed by atoms with Crippen molar-refractivity contribution in [1.29, 1.82) is 0 Å². The summed E-state index contributed by atoms with van der Waals surface area (Å²) in [6.07, 6.45) is 2.19. The minimum atomic E-state index is -0.0600. The van der Waals surface area contributed by atoms with Gasteiger partial charge in [0, 0.05) is 12.7 Å². The average molecular weight is 391 g/mol. The number of para-hydroxylation sites is 1. The van der Waals surface area contributed by atoms with Gasteiger partial charge in [-0.25, -0.2) is 0 Å². The van der Waals surface area contributed by atoms with Crippen molar-refractivity contribution in [1.82, 2.24) is 9.88 Å². The zero-order valence-corrected chi connectivity index (χ0v) is 16.7. The Labute approximate surface area is 168 Å². The zero-order valence-electron chi connectivity index (χ0n) is 15.9. The second kappa shape index (κ2) is 7.90. The Bertz CT molecular complexity index is 1090. The molecule has 4 nitrogen and oxygen atoms in total. The summed E-state index contributed by atoms with van der Waals surface area (Å²) in [5.74, 6) is 0.780. The molecule has 5 heteroatoms. The zero-order chi connectivity index (χ0) is 19.5. The van der Waals surface area contributed by atoms with Crippen molar-refractivity contribution >= 4 is 28.1 Å². The summed E-state index contributed by atoms with van der Waals surface area (Å²) in [5, 5.41) is 5.21. The third-order valence-corrected chi connectivity index (χ3v) is 5.48. The second-order valence-corrected chi connectivity index (χ2v) is 7.94. The molecule has 0 saturated heterocycles. The van der Waals surface area contributed by atoms with Gasteiger partial charge in [-0.05, 0) is 61.2 Å². The van der Waals surface area contributed by atoms with Crippen LogP contribution < -0.4 is 10.1 Å². The third-order valence-electron chi connectivity index (χ3n) is 4.40. The quantitative estimate of drug-likeness (QED) is 0.478. The van der Waals surface area contributed by atoms with Crippen LogP contribution in [0.2, 0.25) is 0 Å². The summed E-state index contributed by atoms with van der Waals surface area (Å²) in [6.45, 7) is 4.49. The monoisotopic (exact) mass is 390 g/mol. The van der Waals surface area contributed by atoms with E-state index >= 15 is 0 Å². The van der Waals surface area contributed by atoms with Crippen LogP contribution >= 0.6 is 11.3 Å². The number of aromatic nitrogens is 1. The molecule has 4 aromatic rings. The summed E-state index contributed by atoms with van der Waals surface area (Å²) in [7, 11) is 0. The molecule has 2 aromatic heterocycles. The molecule has 0 aliphatic rings. The number of carbonyl (C=O) groups excluding carboxylic acids is 1. The molecule has 0 aliphatic heterocycles. The first-order valence-electron chi connectivity index (χ1n) is 9.30. The number of nitrogens with one attached hydrogen (secondary N) is 1. The summed E-state index contributed by atoms with van der Waals surface area (Å²) in [6, 6.07) is 22.0. The van der Waals surface area contributed by atoms with E-state index in [1.54, 1.807) is 0 Å². The Kier molecular flexibility index (Phi) is 5.17. The van der Waals surface area contributed by atoms with Gasteiger partial charge in [0.15, 0.2) is 0 Å². The fourth-order valence-corrected chi connectivity index (χ4v) is 4.00. The highest BCUT2D eigenvalue weighted by molar-refractivity contribution is 7.16. The molecule has 1 N–H and O–H groups in total. The number of nitrogens with zero attached hydrogens (tertiary/aromatic N) is 1. The molecule has 0 radical (unpaired) electrons. The molecular formula is C23H22N2O2S. The first-order chi connectivity index (χ1) is 13.6. The van der Waals surface area contributed by atoms with E-state index in [-0.39, 0.29) is 12.0 Å². The average Bonchev–Trinajstić information content (AvgIpc) is 3.33. The minimum Gasteiger partial charge on any atom is -0.491 e. The van der Waals surface area contributed by atoms with Crippen LogP contribution in [0.25, 0.3) is 15.9 Å². The largest absolute Gasteiger partial charge is 0.491 e. The lowest BCUT2D eigenvalue weighted by Gasteiger charge is -2.10. The summed E-state index contributed by atoms with van der Waals surface area (Å²) >= 11 is 1.49. The number of amides is 1. The van der Waals surface area contributed by atoms with Crippen LogP contribution in [0, 0.1) is 0 Å². The maximum Gasteiger partial charge on any atom is 0.261 e. The van der Waals surface area contributed by atoms with Crippen LogP contribution in [-0.2, 0) is 6.54 Å². The van der Waals surface area contributed by atoms with Gasteiger partial charge in [-0.2, -0.15) is 0 Å². The van der Waals surface area contributed by atoms with E-state index in [0.717, 1.165) is 21.8 Å². The van der Waals surface area contributed by atoms with Crippen molar-refractivity contribution in [3.8, 4) is 10.8 Å². The highest BCUT2D eigenvalue weighted by atomic mass is 32.1. The number of thiophene rings is 1. The van der Waals surface area contributed by atoms with E-state index in [9.17, 15) is 4.79 Å². The van der Waals surface area contributed by atoms with Gasteiger partial charge >= 0.3 is 0 Å². The molecule has 0 spiro atoms. The molecule has 142 valence electrons. The number of hydrogen-bond donors (Lipinski definition) is 1. The topological polar surface area (TPSA) is 43.3 Å². The van der Waals surface area contributed by atoms with Gasteiger partial charge in [-0.1, -0.05) is 30.3 Å². The van der Waals surface area contributed by atoms with Crippen molar-refractivity contribution in [3.05, 3.63) is 83.4 Å². The van der Waals surface area contributed by atoms with Crippen molar-refractivity contribution in [2.24, 2.45) is 0 Å². The van der Waals surface area contributed by atoms with Crippen molar-refractivity contribution < 1.29 is 9.53 Å². The van der Waals surface area contributed by atoms with Crippen LogP contribution in [0.1, 0.15) is 29.1 Å². The normalized spacial score (nSPS) is 11.1. The lowest BCUT2D eigenvalue weighted by molar-refractivity contribution is 0.0955. The van der Waals surface area contributed by atoms with Gasteiger partial charge in [-0.3, -0.25) is 4.79 Å². The van der Waals surface area contributed by atoms with E-state index in [1.807, 2.05) is 68.6 Å². The number of carbonyl (C=O) groups is 1. The predicted molar refractivity (Wildman–Crippen MR) is 115 cm³/mol. The molecule has 0 unspecified atom stereocenters. The van der Waals surface area contributed by atoms with E-state index in [2.05, 4.69) is 28.1 Å². The Hall–Kier alpha value is -3.05. The first-order valence-corrected chi connectivity index (χ1v) is 10.1.